The molecule has 7 heteroatoms. The van der Waals surface area contributed by atoms with E-state index in [0.717, 1.165) is 25.7 Å². The van der Waals surface area contributed by atoms with Crippen molar-refractivity contribution in [3.63, 3.8) is 0 Å². The summed E-state index contributed by atoms with van der Waals surface area (Å²) in [7, 11) is -3.68. The van der Waals surface area contributed by atoms with Gasteiger partial charge in [0.15, 0.2) is 0 Å². The molecule has 0 unspecified atom stereocenters. The molecule has 3 N–H and O–H groups in total. The molecule has 20 heavy (non-hydrogen) atoms. The highest BCUT2D eigenvalue weighted by atomic mass is 32.2. The molecule has 0 saturated heterocycles. The van der Waals surface area contributed by atoms with Crippen LogP contribution in [0.1, 0.15) is 36.0 Å². The molecule has 0 spiro atoms. The second kappa shape index (κ2) is 4.75. The third-order valence-corrected chi connectivity index (χ3v) is 4.91. The minimum atomic E-state index is -3.68. The van der Waals surface area contributed by atoms with Gasteiger partial charge in [-0.3, -0.25) is 0 Å². The standard InChI is InChI=1S/C13H16N2O4S/c16-13(17)8-1-6-11(14-9-2-3-9)12(7-8)20(18,19)15-10-4-5-10/h1,6-7,9-10,14-15H,2-5H2,(H,16,17). The number of sulfonamides is 1. The Labute approximate surface area is 117 Å². The topological polar surface area (TPSA) is 95.5 Å². The van der Waals surface area contributed by atoms with E-state index >= 15 is 0 Å². The lowest BCUT2D eigenvalue weighted by Crippen LogP contribution is -2.27. The molecule has 0 bridgehead atoms. The first kappa shape index (κ1) is 13.4. The lowest BCUT2D eigenvalue weighted by molar-refractivity contribution is 0.0696. The maximum absolute atomic E-state index is 12.3. The van der Waals surface area contributed by atoms with Gasteiger partial charge in [0.1, 0.15) is 4.90 Å². The number of carbonyl (C=O) groups is 1. The van der Waals surface area contributed by atoms with Gasteiger partial charge in [0.2, 0.25) is 10.0 Å². The van der Waals surface area contributed by atoms with Gasteiger partial charge in [-0.2, -0.15) is 0 Å². The normalized spacial score (nSPS) is 18.8. The fraction of sp³-hybridized carbons (Fsp3) is 0.462. The molecule has 0 heterocycles. The highest BCUT2D eigenvalue weighted by Gasteiger charge is 2.31. The van der Waals surface area contributed by atoms with Crippen molar-refractivity contribution in [3.05, 3.63) is 23.8 Å². The summed E-state index contributed by atoms with van der Waals surface area (Å²) in [6.07, 6.45) is 3.69. The van der Waals surface area contributed by atoms with Crippen LogP contribution in [0, 0.1) is 0 Å². The summed E-state index contributed by atoms with van der Waals surface area (Å²) < 4.78 is 27.3. The summed E-state index contributed by atoms with van der Waals surface area (Å²) in [6.45, 7) is 0. The van der Waals surface area contributed by atoms with Crippen LogP contribution < -0.4 is 10.0 Å². The van der Waals surface area contributed by atoms with Crippen molar-refractivity contribution in [3.8, 4) is 0 Å². The molecule has 2 fully saturated rings. The van der Waals surface area contributed by atoms with Gasteiger partial charge in [-0.05, 0) is 43.9 Å². The Kier molecular flexibility index (Phi) is 3.18. The quantitative estimate of drug-likeness (QED) is 0.737. The van der Waals surface area contributed by atoms with Gasteiger partial charge in [-0.15, -0.1) is 0 Å². The molecule has 0 amide bonds. The minimum Gasteiger partial charge on any atom is -0.478 e. The molecule has 0 aliphatic heterocycles. The van der Waals surface area contributed by atoms with E-state index in [2.05, 4.69) is 10.0 Å². The highest BCUT2D eigenvalue weighted by Crippen LogP contribution is 2.31. The Morgan fingerprint density at radius 2 is 1.80 bits per heavy atom. The van der Waals surface area contributed by atoms with E-state index in [0.29, 0.717) is 11.7 Å². The number of hydrogen-bond donors (Lipinski definition) is 3. The third-order valence-electron chi connectivity index (χ3n) is 3.35. The molecule has 2 aliphatic carbocycles. The van der Waals surface area contributed by atoms with Crippen LogP contribution in [0.2, 0.25) is 0 Å². The van der Waals surface area contributed by atoms with Gasteiger partial charge >= 0.3 is 5.97 Å². The lowest BCUT2D eigenvalue weighted by Gasteiger charge is -2.13. The molecule has 2 aliphatic rings. The first-order valence-electron chi connectivity index (χ1n) is 6.62. The molecule has 1 aromatic carbocycles. The van der Waals surface area contributed by atoms with Crippen LogP contribution in [0.5, 0.6) is 0 Å². The highest BCUT2D eigenvalue weighted by molar-refractivity contribution is 7.89. The van der Waals surface area contributed by atoms with Crippen LogP contribution in [0.25, 0.3) is 0 Å². The van der Waals surface area contributed by atoms with E-state index in [1.54, 1.807) is 0 Å². The van der Waals surface area contributed by atoms with Crippen molar-refractivity contribution in [2.24, 2.45) is 0 Å². The molecule has 2 saturated carbocycles. The van der Waals surface area contributed by atoms with Gasteiger partial charge in [0.25, 0.3) is 0 Å². The largest absolute Gasteiger partial charge is 0.478 e. The number of carboxylic acid groups (broad SMARTS) is 1. The van der Waals surface area contributed by atoms with E-state index < -0.39 is 16.0 Å². The molecule has 0 radical (unpaired) electrons. The monoisotopic (exact) mass is 296 g/mol. The first-order chi connectivity index (χ1) is 9.45. The molecular formula is C13H16N2O4S. The van der Waals surface area contributed by atoms with Crippen molar-refractivity contribution in [2.75, 3.05) is 5.32 Å². The SMILES string of the molecule is O=C(O)c1ccc(NC2CC2)c(S(=O)(=O)NC2CC2)c1. The number of anilines is 1. The minimum absolute atomic E-state index is 0.0118. The van der Waals surface area contributed by atoms with Crippen molar-refractivity contribution in [2.45, 2.75) is 42.7 Å². The number of rotatable bonds is 6. The average Bonchev–Trinajstić information content (AvgIpc) is 3.25. The van der Waals surface area contributed by atoms with Gasteiger partial charge in [0.05, 0.1) is 11.3 Å². The Balaban J connectivity index is 1.98. The van der Waals surface area contributed by atoms with E-state index in [1.807, 2.05) is 0 Å². The lowest BCUT2D eigenvalue weighted by atomic mass is 10.2. The zero-order chi connectivity index (χ0) is 14.3. The van der Waals surface area contributed by atoms with Crippen LogP contribution in [0.4, 0.5) is 5.69 Å². The third kappa shape index (κ3) is 2.94. The van der Waals surface area contributed by atoms with Crippen molar-refractivity contribution >= 4 is 21.7 Å². The molecular weight excluding hydrogens is 280 g/mol. The number of carboxylic acids is 1. The molecule has 3 rings (SSSR count). The molecule has 6 nitrogen and oxygen atoms in total. The van der Waals surface area contributed by atoms with Crippen LogP contribution in [0.3, 0.4) is 0 Å². The maximum Gasteiger partial charge on any atom is 0.335 e. The van der Waals surface area contributed by atoms with Gasteiger partial charge in [-0.25, -0.2) is 17.9 Å². The first-order valence-corrected chi connectivity index (χ1v) is 8.10. The van der Waals surface area contributed by atoms with E-state index in [9.17, 15) is 13.2 Å². The summed E-state index contributed by atoms with van der Waals surface area (Å²) in [5.74, 6) is -1.13. The Bertz CT molecular complexity index is 648. The second-order valence-electron chi connectivity index (χ2n) is 5.33. The Hall–Kier alpha value is -1.60. The molecule has 0 aromatic heterocycles. The van der Waals surface area contributed by atoms with Crippen molar-refractivity contribution in [1.82, 2.24) is 4.72 Å². The van der Waals surface area contributed by atoms with Crippen molar-refractivity contribution in [1.29, 1.82) is 0 Å². The summed E-state index contributed by atoms with van der Waals surface area (Å²) in [5, 5.41) is 12.2. The maximum atomic E-state index is 12.3. The van der Waals surface area contributed by atoms with Crippen LogP contribution in [-0.2, 0) is 10.0 Å². The number of aromatic carboxylic acids is 1. The number of nitrogens with one attached hydrogen (secondary N) is 2. The molecule has 108 valence electrons. The average molecular weight is 296 g/mol. The summed E-state index contributed by atoms with van der Waals surface area (Å²) >= 11 is 0. The fourth-order valence-electron chi connectivity index (χ4n) is 1.93. The van der Waals surface area contributed by atoms with Crippen LogP contribution >= 0.6 is 0 Å². The summed E-state index contributed by atoms with van der Waals surface area (Å²) in [4.78, 5) is 11.0. The molecule has 1 aromatic rings. The predicted octanol–water partition coefficient (Wildman–Crippen LogP) is 1.40. The van der Waals surface area contributed by atoms with E-state index in [-0.39, 0.29) is 16.5 Å². The van der Waals surface area contributed by atoms with Crippen LogP contribution in [-0.4, -0.2) is 31.6 Å². The smallest absolute Gasteiger partial charge is 0.335 e. The van der Waals surface area contributed by atoms with Crippen LogP contribution in [0.15, 0.2) is 23.1 Å². The number of hydrogen-bond acceptors (Lipinski definition) is 4. The summed E-state index contributed by atoms with van der Waals surface area (Å²) in [5.41, 5.74) is 0.452. The number of benzene rings is 1. The second-order valence-corrected chi connectivity index (χ2v) is 7.01. The van der Waals surface area contributed by atoms with Gasteiger partial charge in [-0.1, -0.05) is 0 Å². The summed E-state index contributed by atoms with van der Waals surface area (Å²) in [6, 6.07) is 4.45. The Morgan fingerprint density at radius 3 is 2.35 bits per heavy atom. The fourth-order valence-corrected chi connectivity index (χ4v) is 3.43. The van der Waals surface area contributed by atoms with Gasteiger partial charge < -0.3 is 10.4 Å². The molecule has 0 atom stereocenters. The van der Waals surface area contributed by atoms with Crippen molar-refractivity contribution < 1.29 is 18.3 Å². The zero-order valence-electron chi connectivity index (χ0n) is 10.8. The Morgan fingerprint density at radius 1 is 1.15 bits per heavy atom. The zero-order valence-corrected chi connectivity index (χ0v) is 11.6. The predicted molar refractivity (Wildman–Crippen MR) is 73.4 cm³/mol. The van der Waals surface area contributed by atoms with Gasteiger partial charge in [0, 0.05) is 12.1 Å². The van der Waals surface area contributed by atoms with E-state index in [4.69, 9.17) is 5.11 Å². The van der Waals surface area contributed by atoms with E-state index in [1.165, 1.54) is 18.2 Å².